The summed E-state index contributed by atoms with van der Waals surface area (Å²) in [5.74, 6) is -0.176. The SMILES string of the molecule is C[C@@H](CCn1cncn1)NC(=O)c1cn[nH]c1-c1cccc(Cl)c1. The molecule has 0 bridgehead atoms. The molecule has 24 heavy (non-hydrogen) atoms. The lowest BCUT2D eigenvalue weighted by atomic mass is 10.1. The maximum atomic E-state index is 12.5. The van der Waals surface area contributed by atoms with Crippen LogP contribution in [0.3, 0.4) is 0 Å². The molecule has 124 valence electrons. The van der Waals surface area contributed by atoms with Gasteiger partial charge in [0.15, 0.2) is 0 Å². The van der Waals surface area contributed by atoms with Gasteiger partial charge < -0.3 is 5.32 Å². The first kappa shape index (κ1) is 16.2. The first-order chi connectivity index (χ1) is 11.6. The second-order valence-electron chi connectivity index (χ2n) is 5.49. The predicted molar refractivity (Wildman–Crippen MR) is 90.6 cm³/mol. The Balaban J connectivity index is 1.66. The summed E-state index contributed by atoms with van der Waals surface area (Å²) in [4.78, 5) is 16.4. The maximum absolute atomic E-state index is 12.5. The number of carbonyl (C=O) groups excluding carboxylic acids is 1. The van der Waals surface area contributed by atoms with Crippen molar-refractivity contribution in [3.05, 3.63) is 53.7 Å². The fourth-order valence-corrected chi connectivity index (χ4v) is 2.56. The fourth-order valence-electron chi connectivity index (χ4n) is 2.37. The molecule has 0 saturated heterocycles. The lowest BCUT2D eigenvalue weighted by Gasteiger charge is -2.13. The Hall–Kier alpha value is -2.67. The molecule has 0 aliphatic rings. The highest BCUT2D eigenvalue weighted by Crippen LogP contribution is 2.24. The largest absolute Gasteiger partial charge is 0.349 e. The zero-order valence-corrected chi connectivity index (χ0v) is 13.9. The van der Waals surface area contributed by atoms with Crippen molar-refractivity contribution >= 4 is 17.5 Å². The monoisotopic (exact) mass is 344 g/mol. The van der Waals surface area contributed by atoms with Gasteiger partial charge in [-0.3, -0.25) is 14.6 Å². The molecule has 2 aromatic heterocycles. The molecule has 1 aromatic carbocycles. The van der Waals surface area contributed by atoms with E-state index < -0.39 is 0 Å². The Bertz CT molecular complexity index is 814. The topological polar surface area (TPSA) is 88.5 Å². The van der Waals surface area contributed by atoms with E-state index in [0.29, 0.717) is 22.8 Å². The molecule has 1 amide bonds. The molecule has 0 spiro atoms. The molecule has 0 aliphatic carbocycles. The van der Waals surface area contributed by atoms with Crippen molar-refractivity contribution in [2.45, 2.75) is 25.9 Å². The van der Waals surface area contributed by atoms with Crippen LogP contribution >= 0.6 is 11.6 Å². The van der Waals surface area contributed by atoms with E-state index >= 15 is 0 Å². The number of benzene rings is 1. The van der Waals surface area contributed by atoms with Gasteiger partial charge in [0.25, 0.3) is 5.91 Å². The summed E-state index contributed by atoms with van der Waals surface area (Å²) < 4.78 is 1.73. The average Bonchev–Trinajstić information content (AvgIpc) is 3.24. The van der Waals surface area contributed by atoms with Gasteiger partial charge in [-0.25, -0.2) is 4.98 Å². The van der Waals surface area contributed by atoms with Crippen LogP contribution in [0.25, 0.3) is 11.3 Å². The highest BCUT2D eigenvalue weighted by atomic mass is 35.5. The molecule has 0 aliphatic heterocycles. The van der Waals surface area contributed by atoms with Gasteiger partial charge in [-0.2, -0.15) is 10.2 Å². The van der Waals surface area contributed by atoms with Gasteiger partial charge in [0.05, 0.1) is 17.5 Å². The Morgan fingerprint density at radius 1 is 1.46 bits per heavy atom. The smallest absolute Gasteiger partial charge is 0.255 e. The molecule has 8 heteroatoms. The number of hydrogen-bond donors (Lipinski definition) is 2. The standard InChI is InChI=1S/C16H17ClN6O/c1-11(5-6-23-10-18-9-20-23)21-16(24)14-8-19-22-15(14)12-3-2-4-13(17)7-12/h2-4,7-11H,5-6H2,1H3,(H,19,22)(H,21,24)/t11-/m0/s1. The first-order valence-electron chi connectivity index (χ1n) is 7.56. The molecule has 3 aromatic rings. The zero-order chi connectivity index (χ0) is 16.9. The third kappa shape index (κ3) is 3.80. The molecular formula is C16H17ClN6O. The van der Waals surface area contributed by atoms with Crippen molar-refractivity contribution in [1.29, 1.82) is 0 Å². The normalized spacial score (nSPS) is 12.1. The second-order valence-corrected chi connectivity index (χ2v) is 5.93. The van der Waals surface area contributed by atoms with Gasteiger partial charge in [-0.15, -0.1) is 0 Å². The number of aromatic nitrogens is 5. The first-order valence-corrected chi connectivity index (χ1v) is 7.94. The molecule has 0 fully saturated rings. The minimum absolute atomic E-state index is 0.0104. The molecular weight excluding hydrogens is 328 g/mol. The van der Waals surface area contributed by atoms with Crippen LogP contribution in [0.2, 0.25) is 5.02 Å². The van der Waals surface area contributed by atoms with E-state index in [-0.39, 0.29) is 11.9 Å². The highest BCUT2D eigenvalue weighted by molar-refractivity contribution is 6.30. The van der Waals surface area contributed by atoms with E-state index in [4.69, 9.17) is 11.6 Å². The average molecular weight is 345 g/mol. The van der Waals surface area contributed by atoms with Crippen LogP contribution in [0.4, 0.5) is 0 Å². The molecule has 2 N–H and O–H groups in total. The van der Waals surface area contributed by atoms with Crippen LogP contribution in [0.15, 0.2) is 43.1 Å². The van der Waals surface area contributed by atoms with Crippen molar-refractivity contribution in [3.8, 4) is 11.3 Å². The fraction of sp³-hybridized carbons (Fsp3) is 0.250. The van der Waals surface area contributed by atoms with Gasteiger partial charge in [0, 0.05) is 23.2 Å². The van der Waals surface area contributed by atoms with Crippen LogP contribution < -0.4 is 5.32 Å². The van der Waals surface area contributed by atoms with Crippen molar-refractivity contribution < 1.29 is 4.79 Å². The molecule has 7 nitrogen and oxygen atoms in total. The quantitative estimate of drug-likeness (QED) is 0.719. The van der Waals surface area contributed by atoms with E-state index in [1.54, 1.807) is 23.1 Å². The summed E-state index contributed by atoms with van der Waals surface area (Å²) in [7, 11) is 0. The number of aromatic amines is 1. The third-order valence-electron chi connectivity index (χ3n) is 3.63. The van der Waals surface area contributed by atoms with E-state index in [1.807, 2.05) is 19.1 Å². The summed E-state index contributed by atoms with van der Waals surface area (Å²) in [6.45, 7) is 2.64. The molecule has 0 radical (unpaired) electrons. The number of nitrogens with one attached hydrogen (secondary N) is 2. The predicted octanol–water partition coefficient (Wildman–Crippen LogP) is 2.53. The van der Waals surface area contributed by atoms with E-state index in [0.717, 1.165) is 12.0 Å². The minimum Gasteiger partial charge on any atom is -0.349 e. The van der Waals surface area contributed by atoms with Crippen LogP contribution in [-0.2, 0) is 6.54 Å². The Labute approximate surface area is 144 Å². The third-order valence-corrected chi connectivity index (χ3v) is 3.87. The molecule has 0 saturated carbocycles. The summed E-state index contributed by atoms with van der Waals surface area (Å²) in [5.41, 5.74) is 1.96. The lowest BCUT2D eigenvalue weighted by Crippen LogP contribution is -2.33. The van der Waals surface area contributed by atoms with Gasteiger partial charge in [0.1, 0.15) is 12.7 Å². The highest BCUT2D eigenvalue weighted by Gasteiger charge is 2.17. The van der Waals surface area contributed by atoms with Gasteiger partial charge in [-0.05, 0) is 25.5 Å². The number of H-pyrrole nitrogens is 1. The van der Waals surface area contributed by atoms with E-state index in [9.17, 15) is 4.79 Å². The van der Waals surface area contributed by atoms with Crippen molar-refractivity contribution in [1.82, 2.24) is 30.3 Å². The second kappa shape index (κ2) is 7.27. The number of rotatable bonds is 6. The number of amides is 1. The number of aryl methyl sites for hydroxylation is 1. The molecule has 3 rings (SSSR count). The molecule has 1 atom stereocenters. The Kier molecular flexibility index (Phi) is 4.90. The van der Waals surface area contributed by atoms with E-state index in [1.165, 1.54) is 12.5 Å². The van der Waals surface area contributed by atoms with Gasteiger partial charge in [-0.1, -0.05) is 23.7 Å². The van der Waals surface area contributed by atoms with Gasteiger partial charge >= 0.3 is 0 Å². The molecule has 2 heterocycles. The summed E-state index contributed by atoms with van der Waals surface area (Å²) >= 11 is 6.02. The van der Waals surface area contributed by atoms with Crippen LogP contribution in [0, 0.1) is 0 Å². The summed E-state index contributed by atoms with van der Waals surface area (Å²) in [5, 5.41) is 14.5. The van der Waals surface area contributed by atoms with Crippen LogP contribution in [-0.4, -0.2) is 36.9 Å². The minimum atomic E-state index is -0.176. The Morgan fingerprint density at radius 2 is 2.33 bits per heavy atom. The number of carbonyl (C=O) groups is 1. The number of halogens is 1. The lowest BCUT2D eigenvalue weighted by molar-refractivity contribution is 0.0938. The summed E-state index contributed by atoms with van der Waals surface area (Å²) in [6, 6.07) is 7.28. The van der Waals surface area contributed by atoms with Crippen LogP contribution in [0.5, 0.6) is 0 Å². The molecule has 0 unspecified atom stereocenters. The van der Waals surface area contributed by atoms with Crippen molar-refractivity contribution in [2.75, 3.05) is 0 Å². The van der Waals surface area contributed by atoms with Crippen LogP contribution in [0.1, 0.15) is 23.7 Å². The summed E-state index contributed by atoms with van der Waals surface area (Å²) in [6.07, 6.45) is 5.42. The van der Waals surface area contributed by atoms with Crippen molar-refractivity contribution in [3.63, 3.8) is 0 Å². The number of nitrogens with zero attached hydrogens (tertiary/aromatic N) is 4. The van der Waals surface area contributed by atoms with E-state index in [2.05, 4.69) is 25.6 Å². The number of hydrogen-bond acceptors (Lipinski definition) is 4. The zero-order valence-electron chi connectivity index (χ0n) is 13.1. The van der Waals surface area contributed by atoms with Gasteiger partial charge in [0.2, 0.25) is 0 Å². The Morgan fingerprint density at radius 3 is 3.08 bits per heavy atom. The maximum Gasteiger partial charge on any atom is 0.255 e. The van der Waals surface area contributed by atoms with Crippen molar-refractivity contribution in [2.24, 2.45) is 0 Å².